The van der Waals surface area contributed by atoms with Crippen molar-refractivity contribution < 1.29 is 9.47 Å². The highest BCUT2D eigenvalue weighted by atomic mass is 79.9. The van der Waals surface area contributed by atoms with Gasteiger partial charge < -0.3 is 14.0 Å². The first-order valence-electron chi connectivity index (χ1n) is 5.94. The van der Waals surface area contributed by atoms with Gasteiger partial charge in [0.1, 0.15) is 16.1 Å². The van der Waals surface area contributed by atoms with Gasteiger partial charge in [-0.2, -0.15) is 0 Å². The highest BCUT2D eigenvalue weighted by Gasteiger charge is 2.13. The molecule has 0 bridgehead atoms. The van der Waals surface area contributed by atoms with Crippen LogP contribution in [-0.4, -0.2) is 23.8 Å². The summed E-state index contributed by atoms with van der Waals surface area (Å²) in [6.45, 7) is 2.00. The van der Waals surface area contributed by atoms with E-state index in [-0.39, 0.29) is 0 Å². The topological polar surface area (TPSA) is 36.3 Å². The molecule has 102 valence electrons. The van der Waals surface area contributed by atoms with Crippen LogP contribution in [0.2, 0.25) is 0 Å². The first kappa shape index (κ1) is 13.9. The maximum Gasteiger partial charge on any atom is 0.122 e. The summed E-state index contributed by atoms with van der Waals surface area (Å²) >= 11 is 3.53. The molecule has 0 saturated heterocycles. The van der Waals surface area contributed by atoms with E-state index in [9.17, 15) is 0 Å². The Morgan fingerprint density at radius 2 is 1.89 bits per heavy atom. The van der Waals surface area contributed by atoms with E-state index in [0.717, 1.165) is 32.9 Å². The lowest BCUT2D eigenvalue weighted by molar-refractivity contribution is 0.397. The molecular formula is C14H17BrN2O2. The van der Waals surface area contributed by atoms with Crippen LogP contribution >= 0.6 is 15.9 Å². The number of ether oxygens (including phenoxy) is 2. The molecule has 0 aliphatic heterocycles. The molecule has 0 amide bonds. The fourth-order valence-electron chi connectivity index (χ4n) is 2.01. The fraction of sp³-hybridized carbons (Fsp3) is 0.357. The van der Waals surface area contributed by atoms with Gasteiger partial charge in [0, 0.05) is 19.0 Å². The van der Waals surface area contributed by atoms with Crippen molar-refractivity contribution in [2.24, 2.45) is 7.05 Å². The van der Waals surface area contributed by atoms with Crippen LogP contribution in [0.5, 0.6) is 11.5 Å². The maximum absolute atomic E-state index is 5.44. The average molecular weight is 325 g/mol. The molecule has 0 saturated carbocycles. The van der Waals surface area contributed by atoms with E-state index in [1.807, 2.05) is 30.7 Å². The fourth-order valence-corrected chi connectivity index (χ4v) is 2.35. The Kier molecular flexibility index (Phi) is 4.14. The molecule has 0 spiro atoms. The lowest BCUT2D eigenvalue weighted by Crippen LogP contribution is -1.98. The largest absolute Gasteiger partial charge is 0.496 e. The van der Waals surface area contributed by atoms with E-state index >= 15 is 0 Å². The quantitative estimate of drug-likeness (QED) is 0.867. The van der Waals surface area contributed by atoms with Crippen molar-refractivity contribution in [1.29, 1.82) is 0 Å². The molecule has 0 N–H and O–H groups in total. The van der Waals surface area contributed by atoms with Crippen LogP contribution in [0.25, 0.3) is 0 Å². The predicted molar refractivity (Wildman–Crippen MR) is 78.0 cm³/mol. The average Bonchev–Trinajstić information content (AvgIpc) is 2.72. The van der Waals surface area contributed by atoms with E-state index in [0.29, 0.717) is 6.42 Å². The van der Waals surface area contributed by atoms with Crippen molar-refractivity contribution >= 4 is 15.9 Å². The minimum Gasteiger partial charge on any atom is -0.496 e. The van der Waals surface area contributed by atoms with E-state index in [1.165, 1.54) is 0 Å². The van der Waals surface area contributed by atoms with Gasteiger partial charge in [-0.15, -0.1) is 0 Å². The third-order valence-corrected chi connectivity index (χ3v) is 4.11. The maximum atomic E-state index is 5.44. The van der Waals surface area contributed by atoms with E-state index in [1.54, 1.807) is 20.5 Å². The molecule has 4 nitrogen and oxygen atoms in total. The molecule has 0 aliphatic rings. The molecule has 1 aromatic heterocycles. The zero-order valence-electron chi connectivity index (χ0n) is 11.5. The molecule has 0 unspecified atom stereocenters. The summed E-state index contributed by atoms with van der Waals surface area (Å²) in [4.78, 5) is 4.38. The van der Waals surface area contributed by atoms with Gasteiger partial charge in [0.25, 0.3) is 0 Å². The molecule has 1 aromatic carbocycles. The van der Waals surface area contributed by atoms with E-state index < -0.39 is 0 Å². The Morgan fingerprint density at radius 1 is 1.21 bits per heavy atom. The Bertz CT molecular complexity index is 593. The van der Waals surface area contributed by atoms with Gasteiger partial charge >= 0.3 is 0 Å². The second-order valence-corrected chi connectivity index (χ2v) is 5.15. The molecule has 5 heteroatoms. The second kappa shape index (κ2) is 5.65. The summed E-state index contributed by atoms with van der Waals surface area (Å²) in [5.41, 5.74) is 3.10. The number of aromatic nitrogens is 2. The first-order valence-corrected chi connectivity index (χ1v) is 6.73. The smallest absolute Gasteiger partial charge is 0.122 e. The summed E-state index contributed by atoms with van der Waals surface area (Å²) in [5.74, 6) is 1.72. The van der Waals surface area contributed by atoms with Gasteiger partial charge in [-0.05, 0) is 40.5 Å². The number of methoxy groups -OCH3 is 2. The number of aryl methyl sites for hydroxylation is 2. The minimum atomic E-state index is 0.696. The molecule has 1 heterocycles. The second-order valence-electron chi connectivity index (χ2n) is 4.40. The molecule has 2 aromatic rings. The lowest BCUT2D eigenvalue weighted by Gasteiger charge is -2.12. The molecule has 0 radical (unpaired) electrons. The van der Waals surface area contributed by atoms with Crippen molar-refractivity contribution in [3.8, 4) is 11.5 Å². The van der Waals surface area contributed by atoms with Gasteiger partial charge in [0.15, 0.2) is 0 Å². The van der Waals surface area contributed by atoms with Crippen LogP contribution in [0.3, 0.4) is 0 Å². The molecule has 0 atom stereocenters. The number of benzene rings is 1. The standard InChI is InChI=1S/C14H17BrN2O2/c1-9-5-13(19-4)10(7-12(9)18-3)6-11-14(15)17(2)8-16-11/h5,7-8H,6H2,1-4H3. The number of rotatable bonds is 4. The number of halogens is 1. The third kappa shape index (κ3) is 2.76. The molecule has 2 rings (SSSR count). The minimum absolute atomic E-state index is 0.696. The number of hydrogen-bond donors (Lipinski definition) is 0. The van der Waals surface area contributed by atoms with Crippen LogP contribution < -0.4 is 9.47 Å². The zero-order chi connectivity index (χ0) is 14.0. The number of imidazole rings is 1. The van der Waals surface area contributed by atoms with Crippen LogP contribution in [0.15, 0.2) is 23.1 Å². The lowest BCUT2D eigenvalue weighted by atomic mass is 10.1. The first-order chi connectivity index (χ1) is 9.06. The van der Waals surface area contributed by atoms with E-state index in [4.69, 9.17) is 9.47 Å². The summed E-state index contributed by atoms with van der Waals surface area (Å²) in [7, 11) is 5.31. The SMILES string of the molecule is COc1cc(Cc2ncn(C)c2Br)c(OC)cc1C. The van der Waals surface area contributed by atoms with Crippen LogP contribution in [0, 0.1) is 6.92 Å². The van der Waals surface area contributed by atoms with Crippen LogP contribution in [0.4, 0.5) is 0 Å². The van der Waals surface area contributed by atoms with Gasteiger partial charge in [0.05, 0.1) is 26.2 Å². The predicted octanol–water partition coefficient (Wildman–Crippen LogP) is 3.10. The normalized spacial score (nSPS) is 10.6. The molecule has 0 fully saturated rings. The van der Waals surface area contributed by atoms with Gasteiger partial charge in [-0.25, -0.2) is 4.98 Å². The summed E-state index contributed by atoms with van der Waals surface area (Å²) < 4.78 is 13.7. The Balaban J connectivity index is 2.41. The molecule has 0 aliphatic carbocycles. The monoisotopic (exact) mass is 324 g/mol. The van der Waals surface area contributed by atoms with Crippen molar-refractivity contribution in [2.75, 3.05) is 14.2 Å². The van der Waals surface area contributed by atoms with Crippen molar-refractivity contribution in [2.45, 2.75) is 13.3 Å². The summed E-state index contributed by atoms with van der Waals surface area (Å²) in [6.07, 6.45) is 2.48. The third-order valence-electron chi connectivity index (χ3n) is 3.09. The highest BCUT2D eigenvalue weighted by Crippen LogP contribution is 2.30. The molecular weight excluding hydrogens is 308 g/mol. The summed E-state index contributed by atoms with van der Waals surface area (Å²) in [5, 5.41) is 0. The highest BCUT2D eigenvalue weighted by molar-refractivity contribution is 9.10. The zero-order valence-corrected chi connectivity index (χ0v) is 13.1. The van der Waals surface area contributed by atoms with Gasteiger partial charge in [0.2, 0.25) is 0 Å². The van der Waals surface area contributed by atoms with Crippen molar-refractivity contribution in [3.05, 3.63) is 39.9 Å². The Labute approximate surface area is 121 Å². The van der Waals surface area contributed by atoms with Crippen LogP contribution in [-0.2, 0) is 13.5 Å². The Morgan fingerprint density at radius 3 is 2.42 bits per heavy atom. The van der Waals surface area contributed by atoms with Crippen LogP contribution in [0.1, 0.15) is 16.8 Å². The summed E-state index contributed by atoms with van der Waals surface area (Å²) in [6, 6.07) is 4.00. The van der Waals surface area contributed by atoms with Crippen molar-refractivity contribution in [1.82, 2.24) is 9.55 Å². The van der Waals surface area contributed by atoms with Gasteiger partial charge in [-0.3, -0.25) is 0 Å². The molecule has 19 heavy (non-hydrogen) atoms. The van der Waals surface area contributed by atoms with Crippen molar-refractivity contribution in [3.63, 3.8) is 0 Å². The number of nitrogens with zero attached hydrogens (tertiary/aromatic N) is 2. The Hall–Kier alpha value is -1.49. The van der Waals surface area contributed by atoms with E-state index in [2.05, 4.69) is 20.9 Å². The van der Waals surface area contributed by atoms with Gasteiger partial charge in [-0.1, -0.05) is 0 Å². The number of hydrogen-bond acceptors (Lipinski definition) is 3.